The van der Waals surface area contributed by atoms with E-state index in [1.54, 1.807) is 6.08 Å². The van der Waals surface area contributed by atoms with Crippen LogP contribution >= 0.6 is 0 Å². The first-order valence-electron chi connectivity index (χ1n) is 8.84. The van der Waals surface area contributed by atoms with Gasteiger partial charge >= 0.3 is 0 Å². The molecule has 2 rings (SSSR count). The number of allylic oxidation sites excluding steroid dienone is 14. The normalized spacial score (nSPS) is 18.8. The average molecular weight is 321 g/mol. The van der Waals surface area contributed by atoms with Crippen molar-refractivity contribution in [2.24, 2.45) is 0 Å². The van der Waals surface area contributed by atoms with Gasteiger partial charge in [-0.15, -0.1) is 0 Å². The van der Waals surface area contributed by atoms with Crippen LogP contribution in [0.4, 0.5) is 0 Å². The smallest absolute Gasteiger partial charge is 0.00328 e. The van der Waals surface area contributed by atoms with Crippen molar-refractivity contribution in [2.45, 2.75) is 40.5 Å². The van der Waals surface area contributed by atoms with Gasteiger partial charge in [0.15, 0.2) is 0 Å². The van der Waals surface area contributed by atoms with Crippen molar-refractivity contribution in [3.8, 4) is 0 Å². The lowest BCUT2D eigenvalue weighted by molar-refractivity contribution is 1.04. The van der Waals surface area contributed by atoms with Crippen LogP contribution < -0.4 is 0 Å². The second kappa shape index (κ2) is 12.1. The third-order valence-electron chi connectivity index (χ3n) is 3.56. The van der Waals surface area contributed by atoms with E-state index in [0.29, 0.717) is 0 Å². The molecule has 0 aromatic rings. The van der Waals surface area contributed by atoms with Crippen LogP contribution in [0.2, 0.25) is 0 Å². The minimum atomic E-state index is 1.03. The fourth-order valence-electron chi connectivity index (χ4n) is 2.63. The summed E-state index contributed by atoms with van der Waals surface area (Å²) in [4.78, 5) is 0. The highest BCUT2D eigenvalue weighted by molar-refractivity contribution is 5.77. The van der Waals surface area contributed by atoms with Gasteiger partial charge < -0.3 is 0 Å². The molecule has 128 valence electrons. The fourth-order valence-corrected chi connectivity index (χ4v) is 2.63. The molecule has 0 aliphatic heterocycles. The molecule has 0 saturated heterocycles. The second-order valence-electron chi connectivity index (χ2n) is 4.74. The van der Waals surface area contributed by atoms with Crippen LogP contribution in [0.3, 0.4) is 0 Å². The van der Waals surface area contributed by atoms with Crippen molar-refractivity contribution in [3.05, 3.63) is 108 Å². The first-order valence-corrected chi connectivity index (χ1v) is 8.84. The number of hydrogen-bond donors (Lipinski definition) is 0. The molecule has 24 heavy (non-hydrogen) atoms. The summed E-state index contributed by atoms with van der Waals surface area (Å²) in [7, 11) is 0. The molecule has 0 nitrogen and oxygen atoms in total. The van der Waals surface area contributed by atoms with Crippen LogP contribution in [-0.4, -0.2) is 0 Å². The van der Waals surface area contributed by atoms with E-state index < -0.39 is 0 Å². The predicted molar refractivity (Wildman–Crippen MR) is 112 cm³/mol. The van der Waals surface area contributed by atoms with Crippen molar-refractivity contribution in [1.82, 2.24) is 0 Å². The molecule has 0 amide bonds. The Hall–Kier alpha value is -2.34. The molecule has 0 aromatic heterocycles. The third kappa shape index (κ3) is 4.83. The molecule has 0 heteroatoms. The van der Waals surface area contributed by atoms with Crippen LogP contribution in [0.5, 0.6) is 0 Å². The van der Waals surface area contributed by atoms with Crippen LogP contribution in [0.1, 0.15) is 40.5 Å². The van der Waals surface area contributed by atoms with Gasteiger partial charge in [-0.05, 0) is 46.3 Å². The molecule has 0 aromatic carbocycles. The first kappa shape index (κ1) is 21.7. The maximum absolute atomic E-state index is 4.27. The first-order chi connectivity index (χ1) is 11.7. The molecule has 0 spiro atoms. The SMILES string of the molecule is C=C/C=C(/C=C)C1=C(C=C)C2=C(/C=C\CC/C=C\2)C1=C.CC.CC. The van der Waals surface area contributed by atoms with E-state index in [4.69, 9.17) is 0 Å². The van der Waals surface area contributed by atoms with Gasteiger partial charge in [-0.1, -0.05) is 103 Å². The van der Waals surface area contributed by atoms with Crippen LogP contribution in [0, 0.1) is 0 Å². The van der Waals surface area contributed by atoms with E-state index >= 15 is 0 Å². The molecule has 0 unspecified atom stereocenters. The monoisotopic (exact) mass is 320 g/mol. The molecular formula is C24H32. The highest BCUT2D eigenvalue weighted by atomic mass is 14.3. The van der Waals surface area contributed by atoms with Gasteiger partial charge in [-0.3, -0.25) is 0 Å². The van der Waals surface area contributed by atoms with Gasteiger partial charge in [-0.25, -0.2) is 0 Å². The summed E-state index contributed by atoms with van der Waals surface area (Å²) in [5, 5.41) is 0. The van der Waals surface area contributed by atoms with Crippen molar-refractivity contribution in [2.75, 3.05) is 0 Å². The lowest BCUT2D eigenvalue weighted by Crippen LogP contribution is -1.90. The Morgan fingerprint density at radius 1 is 0.917 bits per heavy atom. The van der Waals surface area contributed by atoms with E-state index in [1.807, 2.05) is 45.9 Å². The third-order valence-corrected chi connectivity index (χ3v) is 3.56. The summed E-state index contributed by atoms with van der Waals surface area (Å²) in [6.07, 6.45) is 18.4. The summed E-state index contributed by atoms with van der Waals surface area (Å²) >= 11 is 0. The summed E-state index contributed by atoms with van der Waals surface area (Å²) < 4.78 is 0. The number of hydrogen-bond acceptors (Lipinski definition) is 0. The predicted octanol–water partition coefficient (Wildman–Crippen LogP) is 7.59. The standard InChI is InChI=1S/C20H20.2C2H6/c1-5-12-16(6-2)20-15(4)18-13-10-8-9-11-14-19(18)17(20)7-3;2*1-2/h5-7,10-14H,1-4,8-9H2;2*1-2H3/b13-10-,14-11-,16-12-;;. The van der Waals surface area contributed by atoms with E-state index in [-0.39, 0.29) is 0 Å². The van der Waals surface area contributed by atoms with Crippen LogP contribution in [0.25, 0.3) is 0 Å². The van der Waals surface area contributed by atoms with Gasteiger partial charge in [-0.2, -0.15) is 0 Å². The van der Waals surface area contributed by atoms with E-state index in [0.717, 1.165) is 35.1 Å². The zero-order valence-electron chi connectivity index (χ0n) is 15.9. The Balaban J connectivity index is 0.00000123. The molecule has 2 aliphatic carbocycles. The van der Waals surface area contributed by atoms with Crippen LogP contribution in [-0.2, 0) is 0 Å². The average Bonchev–Trinajstić information content (AvgIpc) is 2.86. The molecule has 0 atom stereocenters. The Morgan fingerprint density at radius 3 is 1.92 bits per heavy atom. The topological polar surface area (TPSA) is 0 Å². The molecule has 0 heterocycles. The number of rotatable bonds is 4. The fraction of sp³-hybridized carbons (Fsp3) is 0.250. The van der Waals surface area contributed by atoms with Gasteiger partial charge in [0.25, 0.3) is 0 Å². The lowest BCUT2D eigenvalue weighted by atomic mass is 9.95. The largest absolute Gasteiger partial charge is 0.0990 e. The highest BCUT2D eigenvalue weighted by Gasteiger charge is 2.24. The summed E-state index contributed by atoms with van der Waals surface area (Å²) in [6.45, 7) is 23.9. The zero-order chi connectivity index (χ0) is 18.5. The molecule has 0 fully saturated rings. The summed E-state index contributed by atoms with van der Waals surface area (Å²) in [5.74, 6) is 0. The summed E-state index contributed by atoms with van der Waals surface area (Å²) in [5.41, 5.74) is 6.69. The maximum Gasteiger partial charge on any atom is -0.00328 e. The molecule has 0 N–H and O–H groups in total. The summed E-state index contributed by atoms with van der Waals surface area (Å²) in [6, 6.07) is 0. The minimum Gasteiger partial charge on any atom is -0.0990 e. The Labute approximate surface area is 149 Å². The maximum atomic E-state index is 4.27. The quantitative estimate of drug-likeness (QED) is 0.468. The molecule has 0 radical (unpaired) electrons. The van der Waals surface area contributed by atoms with Crippen molar-refractivity contribution in [3.63, 3.8) is 0 Å². The zero-order valence-corrected chi connectivity index (χ0v) is 15.9. The second-order valence-corrected chi connectivity index (χ2v) is 4.74. The van der Waals surface area contributed by atoms with Crippen molar-refractivity contribution in [1.29, 1.82) is 0 Å². The molecule has 2 aliphatic rings. The Kier molecular flexibility index (Phi) is 10.9. The van der Waals surface area contributed by atoms with Gasteiger partial charge in [0, 0.05) is 0 Å². The highest BCUT2D eigenvalue weighted by Crippen LogP contribution is 2.42. The Bertz CT molecular complexity index is 625. The van der Waals surface area contributed by atoms with Gasteiger partial charge in [0.2, 0.25) is 0 Å². The molecular weight excluding hydrogens is 288 g/mol. The lowest BCUT2D eigenvalue weighted by Gasteiger charge is -2.08. The van der Waals surface area contributed by atoms with Crippen molar-refractivity contribution < 1.29 is 0 Å². The minimum absolute atomic E-state index is 1.03. The van der Waals surface area contributed by atoms with Crippen molar-refractivity contribution >= 4 is 0 Å². The molecule has 0 saturated carbocycles. The Morgan fingerprint density at radius 2 is 1.46 bits per heavy atom. The van der Waals surface area contributed by atoms with Gasteiger partial charge in [0.1, 0.15) is 0 Å². The van der Waals surface area contributed by atoms with Crippen LogP contribution in [0.15, 0.2) is 108 Å². The van der Waals surface area contributed by atoms with E-state index in [1.165, 1.54) is 11.1 Å². The van der Waals surface area contributed by atoms with E-state index in [2.05, 4.69) is 50.6 Å². The van der Waals surface area contributed by atoms with E-state index in [9.17, 15) is 0 Å². The molecule has 0 bridgehead atoms. The van der Waals surface area contributed by atoms with Gasteiger partial charge in [0.05, 0.1) is 0 Å².